The highest BCUT2D eigenvalue weighted by Crippen LogP contribution is 2.34. The molecule has 6 heteroatoms. The van der Waals surface area contributed by atoms with Crippen LogP contribution in [0.25, 0.3) is 0 Å². The number of rotatable bonds is 2. The van der Waals surface area contributed by atoms with E-state index in [4.69, 9.17) is 0 Å². The second kappa shape index (κ2) is 5.53. The lowest BCUT2D eigenvalue weighted by Crippen LogP contribution is -2.33. The van der Waals surface area contributed by atoms with Gasteiger partial charge in [0.05, 0.1) is 11.1 Å². The van der Waals surface area contributed by atoms with Crippen molar-refractivity contribution in [1.82, 2.24) is 5.32 Å². The first-order chi connectivity index (χ1) is 8.88. The van der Waals surface area contributed by atoms with Crippen LogP contribution >= 0.6 is 15.9 Å². The number of amides is 1. The quantitative estimate of drug-likeness (QED) is 0.864. The highest BCUT2D eigenvalue weighted by Gasteiger charge is 2.35. The molecule has 0 aliphatic heterocycles. The summed E-state index contributed by atoms with van der Waals surface area (Å²) >= 11 is 2.99. The molecule has 0 spiro atoms. The maximum Gasteiger partial charge on any atom is 0.417 e. The molecule has 19 heavy (non-hydrogen) atoms. The van der Waals surface area contributed by atoms with E-state index in [0.717, 1.165) is 31.7 Å². The number of halogens is 4. The van der Waals surface area contributed by atoms with Gasteiger partial charge in [0, 0.05) is 10.5 Å². The normalized spacial score (nSPS) is 16.6. The predicted octanol–water partition coefficient (Wildman–Crippen LogP) is 4.14. The van der Waals surface area contributed by atoms with Gasteiger partial charge in [-0.1, -0.05) is 28.8 Å². The van der Waals surface area contributed by atoms with Gasteiger partial charge in [-0.05, 0) is 31.0 Å². The van der Waals surface area contributed by atoms with Gasteiger partial charge in [0.2, 0.25) is 0 Å². The van der Waals surface area contributed by atoms with Crippen LogP contribution in [-0.4, -0.2) is 11.9 Å². The Kier molecular flexibility index (Phi) is 4.18. The molecular formula is C13H13BrF3NO. The van der Waals surface area contributed by atoms with Gasteiger partial charge in [0.1, 0.15) is 0 Å². The van der Waals surface area contributed by atoms with Crippen molar-refractivity contribution in [2.45, 2.75) is 37.9 Å². The van der Waals surface area contributed by atoms with Crippen LogP contribution in [0, 0.1) is 0 Å². The summed E-state index contributed by atoms with van der Waals surface area (Å²) in [5.41, 5.74) is -1.22. The van der Waals surface area contributed by atoms with Crippen molar-refractivity contribution in [2.24, 2.45) is 0 Å². The number of nitrogens with one attached hydrogen (secondary N) is 1. The Morgan fingerprint density at radius 3 is 2.47 bits per heavy atom. The number of hydrogen-bond acceptors (Lipinski definition) is 1. The zero-order chi connectivity index (χ0) is 14.0. The fourth-order valence-electron chi connectivity index (χ4n) is 2.28. The van der Waals surface area contributed by atoms with Crippen LogP contribution in [0.1, 0.15) is 41.6 Å². The van der Waals surface area contributed by atoms with Crippen LogP contribution in [0.15, 0.2) is 22.7 Å². The molecule has 0 heterocycles. The van der Waals surface area contributed by atoms with Crippen molar-refractivity contribution in [3.63, 3.8) is 0 Å². The molecule has 1 aromatic rings. The second-order valence-electron chi connectivity index (χ2n) is 4.64. The number of alkyl halides is 3. The summed E-state index contributed by atoms with van der Waals surface area (Å²) in [6.07, 6.45) is -0.839. The molecule has 2 nitrogen and oxygen atoms in total. The molecule has 1 amide bonds. The van der Waals surface area contributed by atoms with Crippen molar-refractivity contribution in [3.8, 4) is 0 Å². The first-order valence-corrected chi connectivity index (χ1v) is 6.85. The Balaban J connectivity index is 2.25. The molecule has 104 valence electrons. The number of carbonyl (C=O) groups excluding carboxylic acids is 1. The Morgan fingerprint density at radius 2 is 1.89 bits per heavy atom. The monoisotopic (exact) mass is 335 g/mol. The van der Waals surface area contributed by atoms with Crippen LogP contribution in [0.2, 0.25) is 0 Å². The zero-order valence-electron chi connectivity index (χ0n) is 10.1. The minimum Gasteiger partial charge on any atom is -0.349 e. The van der Waals surface area contributed by atoms with E-state index in [9.17, 15) is 18.0 Å². The lowest BCUT2D eigenvalue weighted by molar-refractivity contribution is -0.138. The van der Waals surface area contributed by atoms with Gasteiger partial charge in [-0.25, -0.2) is 0 Å². The number of benzene rings is 1. The zero-order valence-corrected chi connectivity index (χ0v) is 11.6. The third kappa shape index (κ3) is 3.49. The van der Waals surface area contributed by atoms with E-state index in [-0.39, 0.29) is 11.6 Å². The van der Waals surface area contributed by atoms with E-state index in [1.165, 1.54) is 12.1 Å². The maximum atomic E-state index is 12.9. The topological polar surface area (TPSA) is 29.1 Å². The van der Waals surface area contributed by atoms with Gasteiger partial charge in [-0.3, -0.25) is 4.79 Å². The summed E-state index contributed by atoms with van der Waals surface area (Å²) in [6.45, 7) is 0. The van der Waals surface area contributed by atoms with Gasteiger partial charge in [-0.2, -0.15) is 13.2 Å². The largest absolute Gasteiger partial charge is 0.417 e. The van der Waals surface area contributed by atoms with Gasteiger partial charge in [0.15, 0.2) is 0 Å². The summed E-state index contributed by atoms with van der Waals surface area (Å²) in [7, 11) is 0. The third-order valence-corrected chi connectivity index (χ3v) is 3.72. The Labute approximate surface area is 117 Å². The van der Waals surface area contributed by atoms with Crippen LogP contribution < -0.4 is 5.32 Å². The van der Waals surface area contributed by atoms with Gasteiger partial charge < -0.3 is 5.32 Å². The van der Waals surface area contributed by atoms with Gasteiger partial charge >= 0.3 is 6.18 Å². The predicted molar refractivity (Wildman–Crippen MR) is 68.9 cm³/mol. The van der Waals surface area contributed by atoms with Crippen LogP contribution in [-0.2, 0) is 6.18 Å². The lowest BCUT2D eigenvalue weighted by Gasteiger charge is -2.16. The molecule has 1 aromatic carbocycles. The summed E-state index contributed by atoms with van der Waals surface area (Å²) in [5.74, 6) is -0.647. The fraction of sp³-hybridized carbons (Fsp3) is 0.462. The van der Waals surface area contributed by atoms with Crippen LogP contribution in [0.5, 0.6) is 0 Å². The standard InChI is InChI=1S/C13H13BrF3NO/c14-8-5-6-10(11(7-8)13(15,16)17)12(19)18-9-3-1-2-4-9/h5-7,9H,1-4H2,(H,18,19). The Bertz CT molecular complexity index is 481. The second-order valence-corrected chi connectivity index (χ2v) is 5.56. The van der Waals surface area contributed by atoms with E-state index < -0.39 is 17.6 Å². The Hall–Kier alpha value is -1.04. The average Bonchev–Trinajstić information content (AvgIpc) is 2.80. The van der Waals surface area contributed by atoms with Gasteiger partial charge in [-0.15, -0.1) is 0 Å². The summed E-state index contributed by atoms with van der Waals surface area (Å²) in [4.78, 5) is 12.0. The van der Waals surface area contributed by atoms with Crippen LogP contribution in [0.4, 0.5) is 13.2 Å². The molecule has 1 N–H and O–H groups in total. The molecule has 0 atom stereocenters. The van der Waals surface area contributed by atoms with E-state index in [1.807, 2.05) is 0 Å². The molecule has 2 rings (SSSR count). The molecule has 0 saturated heterocycles. The van der Waals surface area contributed by atoms with E-state index in [0.29, 0.717) is 4.47 Å². The average molecular weight is 336 g/mol. The third-order valence-electron chi connectivity index (χ3n) is 3.22. The molecule has 0 radical (unpaired) electrons. The first-order valence-electron chi connectivity index (χ1n) is 6.05. The van der Waals surface area contributed by atoms with E-state index >= 15 is 0 Å². The molecule has 1 saturated carbocycles. The fourth-order valence-corrected chi connectivity index (χ4v) is 2.64. The highest BCUT2D eigenvalue weighted by atomic mass is 79.9. The first kappa shape index (κ1) is 14.4. The number of carbonyl (C=O) groups is 1. The minimum absolute atomic E-state index is 0.00256. The SMILES string of the molecule is O=C(NC1CCCC1)c1ccc(Br)cc1C(F)(F)F. The highest BCUT2D eigenvalue weighted by molar-refractivity contribution is 9.10. The van der Waals surface area contributed by atoms with Crippen molar-refractivity contribution < 1.29 is 18.0 Å². The lowest BCUT2D eigenvalue weighted by atomic mass is 10.1. The van der Waals surface area contributed by atoms with Crippen molar-refractivity contribution in [2.75, 3.05) is 0 Å². The van der Waals surface area contributed by atoms with Crippen molar-refractivity contribution in [3.05, 3.63) is 33.8 Å². The maximum absolute atomic E-state index is 12.9. The van der Waals surface area contributed by atoms with Crippen molar-refractivity contribution >= 4 is 21.8 Å². The summed E-state index contributed by atoms with van der Waals surface area (Å²) < 4.78 is 39.0. The van der Waals surface area contributed by atoms with Crippen LogP contribution in [0.3, 0.4) is 0 Å². The minimum atomic E-state index is -4.54. The number of hydrogen-bond donors (Lipinski definition) is 1. The van der Waals surface area contributed by atoms with E-state index in [1.54, 1.807) is 0 Å². The smallest absolute Gasteiger partial charge is 0.349 e. The molecule has 1 aliphatic rings. The molecule has 0 unspecified atom stereocenters. The molecular weight excluding hydrogens is 323 g/mol. The Morgan fingerprint density at radius 1 is 1.26 bits per heavy atom. The van der Waals surface area contributed by atoms with Crippen molar-refractivity contribution in [1.29, 1.82) is 0 Å². The summed E-state index contributed by atoms with van der Waals surface area (Å²) in [5, 5.41) is 2.67. The van der Waals surface area contributed by atoms with E-state index in [2.05, 4.69) is 21.2 Å². The molecule has 0 bridgehead atoms. The molecule has 1 fully saturated rings. The van der Waals surface area contributed by atoms with Gasteiger partial charge in [0.25, 0.3) is 5.91 Å². The molecule has 1 aliphatic carbocycles. The summed E-state index contributed by atoms with van der Waals surface area (Å²) in [6, 6.07) is 3.58. The molecule has 0 aromatic heterocycles.